The van der Waals surface area contributed by atoms with Gasteiger partial charge in [0, 0.05) is 56.6 Å². The van der Waals surface area contributed by atoms with Crippen LogP contribution < -0.4 is 0 Å². The fraction of sp³-hybridized carbons (Fsp3) is 0.477. The van der Waals surface area contributed by atoms with Crippen LogP contribution in [-0.4, -0.2) is 57.1 Å². The lowest BCUT2D eigenvalue weighted by atomic mass is 9.93. The lowest BCUT2D eigenvalue weighted by Gasteiger charge is -2.29. The number of amides is 4. The van der Waals surface area contributed by atoms with Gasteiger partial charge in [-0.15, -0.1) is 0 Å². The minimum atomic E-state index is -0.595. The standard InChI is InChI=1S/C16H20BrNO3.C16H20BrNO2.C12H13BrO.3H2S/c1-16(2,3)21-15(20)18-13(8-9-14(18)19)10-11-4-6-12(17)7-5-11;1-16(2,3)15(20)18-13(8-9-14(18)19)10-11-4-6-12(17)7-5-11;13-11-4-1-9(2-5-11)7-10-3-6-12(14)8-10;;;/h4-7,13H,8-10H2,1-3H3;4-7,13H,8-10H2,1-3H3;1-2,4-5,10H,3,6-8H2;3*1H2/t2*13-;10-;;;/m000.../s1. The van der Waals surface area contributed by atoms with Gasteiger partial charge in [-0.25, -0.2) is 9.69 Å². The molecule has 0 N–H and O–H groups in total. The van der Waals surface area contributed by atoms with E-state index in [2.05, 4.69) is 72.1 Å². The van der Waals surface area contributed by atoms with Crippen molar-refractivity contribution in [3.05, 3.63) is 103 Å². The Morgan fingerprint density at radius 2 is 0.966 bits per heavy atom. The summed E-state index contributed by atoms with van der Waals surface area (Å²) in [6.07, 6.45) is 6.91. The number of nitrogens with zero attached hydrogens (tertiary/aromatic N) is 2. The topological polar surface area (TPSA) is 101 Å². The van der Waals surface area contributed by atoms with E-state index in [1.54, 1.807) is 20.8 Å². The van der Waals surface area contributed by atoms with E-state index >= 15 is 0 Å². The van der Waals surface area contributed by atoms with E-state index in [-0.39, 0.29) is 70.3 Å². The van der Waals surface area contributed by atoms with Crippen molar-refractivity contribution >= 4 is 118 Å². The molecule has 2 saturated heterocycles. The minimum absolute atomic E-state index is 0. The minimum Gasteiger partial charge on any atom is -0.443 e. The number of ether oxygens (including phenoxy) is 1. The Balaban J connectivity index is 0.000000432. The molecule has 58 heavy (non-hydrogen) atoms. The van der Waals surface area contributed by atoms with E-state index in [4.69, 9.17) is 4.74 Å². The zero-order chi connectivity index (χ0) is 40.5. The fourth-order valence-corrected chi connectivity index (χ4v) is 7.67. The molecule has 4 amide bonds. The fourth-order valence-electron chi connectivity index (χ4n) is 6.88. The van der Waals surface area contributed by atoms with Crippen LogP contribution in [0, 0.1) is 11.3 Å². The number of hydrogen-bond donors (Lipinski definition) is 0. The summed E-state index contributed by atoms with van der Waals surface area (Å²) in [4.78, 5) is 62.5. The van der Waals surface area contributed by atoms with Gasteiger partial charge in [0.25, 0.3) is 0 Å². The third-order valence-corrected chi connectivity index (χ3v) is 11.2. The number of ketones is 1. The quantitative estimate of drug-likeness (QED) is 0.244. The molecule has 14 heteroatoms. The van der Waals surface area contributed by atoms with Crippen LogP contribution in [0.2, 0.25) is 0 Å². The van der Waals surface area contributed by atoms with Crippen molar-refractivity contribution in [3.63, 3.8) is 0 Å². The molecule has 3 aliphatic rings. The van der Waals surface area contributed by atoms with Crippen LogP contribution in [0.5, 0.6) is 0 Å². The zero-order valence-electron chi connectivity index (χ0n) is 34.2. The molecule has 8 nitrogen and oxygen atoms in total. The molecule has 0 bridgehead atoms. The van der Waals surface area contributed by atoms with Crippen LogP contribution in [0.1, 0.15) is 103 Å². The van der Waals surface area contributed by atoms with Crippen LogP contribution in [-0.2, 0) is 43.2 Å². The van der Waals surface area contributed by atoms with Crippen LogP contribution in [0.3, 0.4) is 0 Å². The first-order valence-corrected chi connectivity index (χ1v) is 21.3. The lowest BCUT2D eigenvalue weighted by molar-refractivity contribution is -0.149. The summed E-state index contributed by atoms with van der Waals surface area (Å²) in [5.74, 6) is 0.774. The first kappa shape index (κ1) is 53.9. The molecule has 1 saturated carbocycles. The number of carbonyl (C=O) groups is 5. The molecule has 0 aromatic heterocycles. The zero-order valence-corrected chi connectivity index (χ0v) is 42.0. The highest BCUT2D eigenvalue weighted by atomic mass is 79.9. The van der Waals surface area contributed by atoms with Gasteiger partial charge in [0.1, 0.15) is 11.4 Å². The number of imide groups is 2. The molecule has 2 aliphatic heterocycles. The van der Waals surface area contributed by atoms with Gasteiger partial charge in [0.15, 0.2) is 0 Å². The Kier molecular flexibility index (Phi) is 22.7. The molecular weight excluding hydrogens is 988 g/mol. The maximum Gasteiger partial charge on any atom is 0.417 e. The normalized spacial score (nSPS) is 18.8. The Labute approximate surface area is 391 Å². The second kappa shape index (κ2) is 24.4. The summed E-state index contributed by atoms with van der Waals surface area (Å²) in [6, 6.07) is 24.2. The van der Waals surface area contributed by atoms with Gasteiger partial charge in [-0.1, -0.05) is 105 Å². The SMILES string of the molecule is CC(C)(C)C(=O)N1C(=O)CC[C@H]1Cc1ccc(Br)cc1.CC(C)(C)OC(=O)N1C(=O)CC[C@H]1Cc1ccc(Br)cc1.O=C1CC[C@@H](Cc2ccc(Br)cc2)C1.S.S.S. The Morgan fingerprint density at radius 3 is 1.33 bits per heavy atom. The van der Waals surface area contributed by atoms with E-state index in [0.717, 1.165) is 63.1 Å². The molecular formula is C44H59Br3N2O6S3. The summed E-state index contributed by atoms with van der Waals surface area (Å²) < 4.78 is 8.50. The van der Waals surface area contributed by atoms with Crippen molar-refractivity contribution in [2.75, 3.05) is 0 Å². The van der Waals surface area contributed by atoms with Crippen molar-refractivity contribution in [1.29, 1.82) is 0 Å². The average Bonchev–Trinajstić information content (AvgIpc) is 3.80. The molecule has 320 valence electrons. The Morgan fingerprint density at radius 1 is 0.586 bits per heavy atom. The Bertz CT molecular complexity index is 1810. The summed E-state index contributed by atoms with van der Waals surface area (Å²) in [5, 5.41) is 0. The van der Waals surface area contributed by atoms with Gasteiger partial charge in [0.05, 0.1) is 0 Å². The molecule has 1 aliphatic carbocycles. The highest BCUT2D eigenvalue weighted by Crippen LogP contribution is 2.30. The van der Waals surface area contributed by atoms with Crippen molar-refractivity contribution < 1.29 is 28.7 Å². The largest absolute Gasteiger partial charge is 0.443 e. The molecule has 0 unspecified atom stereocenters. The molecule has 3 aromatic rings. The number of likely N-dealkylation sites (tertiary alicyclic amines) is 2. The summed E-state index contributed by atoms with van der Waals surface area (Å²) in [6.45, 7) is 11.0. The van der Waals surface area contributed by atoms with Crippen molar-refractivity contribution in [2.45, 2.75) is 123 Å². The van der Waals surface area contributed by atoms with Crippen molar-refractivity contribution in [3.8, 4) is 0 Å². The second-order valence-electron chi connectivity index (χ2n) is 16.6. The summed E-state index contributed by atoms with van der Waals surface area (Å²) in [5.41, 5.74) is 2.49. The maximum atomic E-state index is 12.4. The van der Waals surface area contributed by atoms with Gasteiger partial charge in [-0.2, -0.15) is 40.5 Å². The molecule has 0 radical (unpaired) electrons. The van der Waals surface area contributed by atoms with E-state index in [1.165, 1.54) is 15.4 Å². The first-order valence-electron chi connectivity index (χ1n) is 19.0. The van der Waals surface area contributed by atoms with Crippen LogP contribution in [0.25, 0.3) is 0 Å². The van der Waals surface area contributed by atoms with E-state index in [0.29, 0.717) is 37.4 Å². The maximum absolute atomic E-state index is 12.4. The van der Waals surface area contributed by atoms with Gasteiger partial charge < -0.3 is 4.74 Å². The van der Waals surface area contributed by atoms with Gasteiger partial charge in [0.2, 0.25) is 17.7 Å². The highest BCUT2D eigenvalue weighted by molar-refractivity contribution is 9.11. The number of benzene rings is 3. The van der Waals surface area contributed by atoms with Crippen LogP contribution >= 0.6 is 88.3 Å². The third kappa shape index (κ3) is 17.1. The third-order valence-electron chi connectivity index (χ3n) is 9.66. The molecule has 2 heterocycles. The second-order valence-corrected chi connectivity index (χ2v) is 19.3. The Hall–Kier alpha value is -2.10. The monoisotopic (exact) mass is 1040 g/mol. The van der Waals surface area contributed by atoms with E-state index < -0.39 is 17.1 Å². The van der Waals surface area contributed by atoms with Gasteiger partial charge >= 0.3 is 6.09 Å². The molecule has 3 fully saturated rings. The van der Waals surface area contributed by atoms with E-state index in [1.807, 2.05) is 69.3 Å². The summed E-state index contributed by atoms with van der Waals surface area (Å²) >= 11 is 10.2. The number of hydrogen-bond acceptors (Lipinski definition) is 6. The lowest BCUT2D eigenvalue weighted by Crippen LogP contribution is -2.45. The number of carbonyl (C=O) groups excluding carboxylic acids is 5. The van der Waals surface area contributed by atoms with Crippen LogP contribution in [0.4, 0.5) is 4.79 Å². The highest BCUT2D eigenvalue weighted by Gasteiger charge is 2.40. The molecule has 3 atom stereocenters. The molecule has 3 aromatic carbocycles. The molecule has 0 spiro atoms. The van der Waals surface area contributed by atoms with Gasteiger partial charge in [-0.3, -0.25) is 24.1 Å². The summed E-state index contributed by atoms with van der Waals surface area (Å²) in [7, 11) is 0. The predicted molar refractivity (Wildman–Crippen MR) is 257 cm³/mol. The number of rotatable bonds is 6. The number of halogens is 3. The van der Waals surface area contributed by atoms with Crippen LogP contribution in [0.15, 0.2) is 86.2 Å². The van der Waals surface area contributed by atoms with Crippen molar-refractivity contribution in [2.24, 2.45) is 11.3 Å². The smallest absolute Gasteiger partial charge is 0.417 e. The first-order chi connectivity index (χ1) is 25.8. The van der Waals surface area contributed by atoms with Gasteiger partial charge in [-0.05, 0) is 118 Å². The van der Waals surface area contributed by atoms with Crippen molar-refractivity contribution in [1.82, 2.24) is 9.80 Å². The number of Topliss-reactive ketones (excluding diaryl/α,β-unsaturated/α-hetero) is 1. The van der Waals surface area contributed by atoms with E-state index in [9.17, 15) is 24.0 Å². The average molecular weight is 1050 g/mol. The molecule has 6 rings (SSSR count). The predicted octanol–water partition coefficient (Wildman–Crippen LogP) is 11.2.